The molecule has 0 unspecified atom stereocenters. The largest absolute Gasteiger partial charge is 0.309 e. The highest BCUT2D eigenvalue weighted by Gasteiger charge is 2.36. The number of hydrogen-bond acceptors (Lipinski definition) is 0. The molecule has 1 heteroatoms. The first-order valence-corrected chi connectivity index (χ1v) is 16.2. The Kier molecular flexibility index (Phi) is 5.12. The van der Waals surface area contributed by atoms with Crippen LogP contribution in [0.15, 0.2) is 152 Å². The molecule has 0 spiro atoms. The predicted octanol–water partition coefficient (Wildman–Crippen LogP) is 12.2. The summed E-state index contributed by atoms with van der Waals surface area (Å²) in [6.07, 6.45) is 0. The SMILES string of the molecule is CC1(C)c2cc(-c3cc4ccccc4c4ccccc34)ccc2-c2cc3c(cc21)c1ccccc1n3-c1ccc2ccccc2c1. The Balaban J connectivity index is 1.21. The maximum Gasteiger partial charge on any atom is 0.0547 e. The molecular formula is C45H31N. The van der Waals surface area contributed by atoms with Crippen LogP contribution >= 0.6 is 0 Å². The van der Waals surface area contributed by atoms with Gasteiger partial charge in [-0.2, -0.15) is 0 Å². The summed E-state index contributed by atoms with van der Waals surface area (Å²) < 4.78 is 2.46. The summed E-state index contributed by atoms with van der Waals surface area (Å²) in [5.74, 6) is 0. The molecule has 0 atom stereocenters. The van der Waals surface area contributed by atoms with E-state index in [1.54, 1.807) is 0 Å². The molecule has 1 nitrogen and oxygen atoms in total. The van der Waals surface area contributed by atoms with Gasteiger partial charge in [-0.15, -0.1) is 0 Å². The molecule has 1 aromatic heterocycles. The fourth-order valence-corrected chi connectivity index (χ4v) is 8.25. The van der Waals surface area contributed by atoms with Crippen LogP contribution in [0, 0.1) is 0 Å². The van der Waals surface area contributed by atoms with Crippen LogP contribution in [0.5, 0.6) is 0 Å². The van der Waals surface area contributed by atoms with Crippen molar-refractivity contribution in [2.45, 2.75) is 19.3 Å². The van der Waals surface area contributed by atoms with Crippen molar-refractivity contribution in [1.82, 2.24) is 4.57 Å². The molecule has 0 radical (unpaired) electrons. The monoisotopic (exact) mass is 585 g/mol. The Bertz CT molecular complexity index is 2720. The van der Waals surface area contributed by atoms with Gasteiger partial charge in [0.2, 0.25) is 0 Å². The Morgan fingerprint density at radius 1 is 0.391 bits per heavy atom. The normalized spacial score (nSPS) is 13.6. The Labute approximate surface area is 268 Å². The van der Waals surface area contributed by atoms with E-state index < -0.39 is 0 Å². The topological polar surface area (TPSA) is 4.93 Å². The molecule has 46 heavy (non-hydrogen) atoms. The maximum absolute atomic E-state index is 2.48. The number of nitrogens with zero attached hydrogens (tertiary/aromatic N) is 1. The first-order chi connectivity index (χ1) is 22.6. The predicted molar refractivity (Wildman–Crippen MR) is 196 cm³/mol. The highest BCUT2D eigenvalue weighted by molar-refractivity contribution is 6.14. The van der Waals surface area contributed by atoms with E-state index in [0.29, 0.717) is 0 Å². The van der Waals surface area contributed by atoms with E-state index in [9.17, 15) is 0 Å². The summed E-state index contributed by atoms with van der Waals surface area (Å²) in [7, 11) is 0. The minimum absolute atomic E-state index is 0.131. The van der Waals surface area contributed by atoms with Gasteiger partial charge in [0.15, 0.2) is 0 Å². The molecular weight excluding hydrogens is 555 g/mol. The quantitative estimate of drug-likeness (QED) is 0.178. The third kappa shape index (κ3) is 3.46. The van der Waals surface area contributed by atoms with Crippen LogP contribution in [0.1, 0.15) is 25.0 Å². The minimum Gasteiger partial charge on any atom is -0.309 e. The van der Waals surface area contributed by atoms with E-state index in [4.69, 9.17) is 0 Å². The first-order valence-electron chi connectivity index (χ1n) is 16.2. The Hall–Kier alpha value is -5.66. The molecule has 0 aliphatic heterocycles. The van der Waals surface area contributed by atoms with E-state index in [1.165, 1.54) is 93.2 Å². The average molecular weight is 586 g/mol. The van der Waals surface area contributed by atoms with Crippen LogP contribution in [-0.4, -0.2) is 4.57 Å². The fraction of sp³-hybridized carbons (Fsp3) is 0.0667. The molecule has 10 rings (SSSR count). The van der Waals surface area contributed by atoms with Gasteiger partial charge >= 0.3 is 0 Å². The molecule has 1 aliphatic rings. The summed E-state index contributed by atoms with van der Waals surface area (Å²) in [4.78, 5) is 0. The molecule has 1 heterocycles. The second-order valence-corrected chi connectivity index (χ2v) is 13.4. The molecule has 1 aliphatic carbocycles. The number of hydrogen-bond donors (Lipinski definition) is 0. The van der Waals surface area contributed by atoms with Crippen LogP contribution in [0.2, 0.25) is 0 Å². The Morgan fingerprint density at radius 2 is 1.07 bits per heavy atom. The van der Waals surface area contributed by atoms with Crippen molar-refractivity contribution in [3.63, 3.8) is 0 Å². The van der Waals surface area contributed by atoms with Crippen LogP contribution in [0.4, 0.5) is 0 Å². The van der Waals surface area contributed by atoms with Gasteiger partial charge < -0.3 is 4.57 Å². The highest BCUT2D eigenvalue weighted by atomic mass is 15.0. The van der Waals surface area contributed by atoms with Crippen molar-refractivity contribution in [1.29, 1.82) is 0 Å². The van der Waals surface area contributed by atoms with Crippen molar-refractivity contribution < 1.29 is 0 Å². The summed E-state index contributed by atoms with van der Waals surface area (Å²) in [6, 6.07) is 56.4. The van der Waals surface area contributed by atoms with Gasteiger partial charge in [0.05, 0.1) is 11.0 Å². The molecule has 0 saturated carbocycles. The maximum atomic E-state index is 2.48. The zero-order chi connectivity index (χ0) is 30.6. The van der Waals surface area contributed by atoms with Gasteiger partial charge in [-0.3, -0.25) is 0 Å². The number of rotatable bonds is 2. The van der Waals surface area contributed by atoms with E-state index in [-0.39, 0.29) is 5.41 Å². The molecule has 0 amide bonds. The van der Waals surface area contributed by atoms with Crippen molar-refractivity contribution >= 4 is 54.1 Å². The molecule has 0 saturated heterocycles. The fourth-order valence-electron chi connectivity index (χ4n) is 8.25. The number of benzene rings is 8. The lowest BCUT2D eigenvalue weighted by Gasteiger charge is -2.22. The lowest BCUT2D eigenvalue weighted by Crippen LogP contribution is -2.15. The second kappa shape index (κ2) is 9.19. The van der Waals surface area contributed by atoms with E-state index in [1.807, 2.05) is 0 Å². The van der Waals surface area contributed by atoms with Gasteiger partial charge in [-0.1, -0.05) is 123 Å². The van der Waals surface area contributed by atoms with Crippen LogP contribution < -0.4 is 0 Å². The van der Waals surface area contributed by atoms with Gasteiger partial charge in [0.25, 0.3) is 0 Å². The Morgan fingerprint density at radius 3 is 1.91 bits per heavy atom. The molecule has 0 fully saturated rings. The zero-order valence-electron chi connectivity index (χ0n) is 25.9. The summed E-state index contributed by atoms with van der Waals surface area (Å²) in [5, 5.41) is 10.3. The second-order valence-electron chi connectivity index (χ2n) is 13.4. The number of para-hydroxylation sites is 1. The van der Waals surface area contributed by atoms with Crippen molar-refractivity contribution in [2.24, 2.45) is 0 Å². The summed E-state index contributed by atoms with van der Waals surface area (Å²) >= 11 is 0. The minimum atomic E-state index is -0.131. The standard InChI is InChI=1S/C45H31N/c1-45(2)41-25-31(38-24-30-13-5-6-14-33(30)34-15-7-8-16-35(34)38)20-22-36(41)39-27-44-40(26-42(39)45)37-17-9-10-18-43(37)46(44)32-21-19-28-11-3-4-12-29(28)23-32/h3-27H,1-2H3. The lowest BCUT2D eigenvalue weighted by molar-refractivity contribution is 0.661. The number of aromatic nitrogens is 1. The van der Waals surface area contributed by atoms with Gasteiger partial charge in [0, 0.05) is 21.9 Å². The van der Waals surface area contributed by atoms with Crippen LogP contribution in [0.3, 0.4) is 0 Å². The van der Waals surface area contributed by atoms with Crippen molar-refractivity contribution in [2.75, 3.05) is 0 Å². The molecule has 0 N–H and O–H groups in total. The third-order valence-electron chi connectivity index (χ3n) is 10.5. The van der Waals surface area contributed by atoms with E-state index in [0.717, 1.165) is 0 Å². The van der Waals surface area contributed by atoms with Gasteiger partial charge in [-0.25, -0.2) is 0 Å². The molecule has 8 aromatic carbocycles. The van der Waals surface area contributed by atoms with Gasteiger partial charge in [0.1, 0.15) is 0 Å². The highest BCUT2D eigenvalue weighted by Crippen LogP contribution is 2.52. The molecule has 216 valence electrons. The number of fused-ring (bicyclic) bond motifs is 10. The lowest BCUT2D eigenvalue weighted by atomic mass is 9.81. The summed E-state index contributed by atoms with van der Waals surface area (Å²) in [5.41, 5.74) is 11.6. The van der Waals surface area contributed by atoms with Crippen LogP contribution in [0.25, 0.3) is 82.1 Å². The zero-order valence-corrected chi connectivity index (χ0v) is 25.9. The first kappa shape index (κ1) is 25.6. The average Bonchev–Trinajstić information content (AvgIpc) is 3.54. The molecule has 9 aromatic rings. The molecule has 0 bridgehead atoms. The van der Waals surface area contributed by atoms with E-state index >= 15 is 0 Å². The van der Waals surface area contributed by atoms with Crippen molar-refractivity contribution in [3.8, 4) is 27.9 Å². The van der Waals surface area contributed by atoms with Crippen LogP contribution in [-0.2, 0) is 5.41 Å². The van der Waals surface area contributed by atoms with Gasteiger partial charge in [-0.05, 0) is 108 Å². The van der Waals surface area contributed by atoms with E-state index in [2.05, 4.69) is 170 Å². The summed E-state index contributed by atoms with van der Waals surface area (Å²) in [6.45, 7) is 4.79. The third-order valence-corrected chi connectivity index (χ3v) is 10.5. The smallest absolute Gasteiger partial charge is 0.0547 e. The van der Waals surface area contributed by atoms with Crippen molar-refractivity contribution in [3.05, 3.63) is 163 Å².